The van der Waals surface area contributed by atoms with Gasteiger partial charge in [-0.2, -0.15) is 0 Å². The van der Waals surface area contributed by atoms with Crippen LogP contribution in [0.3, 0.4) is 0 Å². The van der Waals surface area contributed by atoms with Gasteiger partial charge in [-0.15, -0.1) is 0 Å². The Morgan fingerprint density at radius 1 is 1.38 bits per heavy atom. The normalized spacial score (nSPS) is 27.7. The maximum absolute atomic E-state index is 15.8. The number of aromatic nitrogens is 1. The third-order valence-electron chi connectivity index (χ3n) is 5.17. The van der Waals surface area contributed by atoms with Gasteiger partial charge in [0.1, 0.15) is 11.4 Å². The molecule has 1 spiro atoms. The Kier molecular flexibility index (Phi) is 4.00. The standard InChI is InChI=1S/C19H17ClF2N2O2/c1-11(13-5-4-12(21)9-15(13)20)24-17(25)19(22)7-6-18(10-26-18)16-14(19)3-2-8-23-16/h2-5,8-9,11H,6-7,10H2,1H3,(H,24,25)/t11-,18+,19-/m0/s1. The fraction of sp³-hybridized carbons (Fsp3) is 0.368. The van der Waals surface area contributed by atoms with Crippen molar-refractivity contribution in [2.45, 2.75) is 37.1 Å². The molecular formula is C19H17ClF2N2O2. The molecule has 26 heavy (non-hydrogen) atoms. The third kappa shape index (κ3) is 2.68. The second kappa shape index (κ2) is 5.99. The van der Waals surface area contributed by atoms with E-state index in [1.54, 1.807) is 25.3 Å². The van der Waals surface area contributed by atoms with E-state index in [-0.39, 0.29) is 17.0 Å². The smallest absolute Gasteiger partial charge is 0.262 e. The van der Waals surface area contributed by atoms with Crippen molar-refractivity contribution in [2.24, 2.45) is 0 Å². The highest BCUT2D eigenvalue weighted by Gasteiger charge is 2.59. The molecule has 3 atom stereocenters. The minimum absolute atomic E-state index is 0.0153. The number of nitrogens with one attached hydrogen (secondary N) is 1. The van der Waals surface area contributed by atoms with Gasteiger partial charge in [0.15, 0.2) is 0 Å². The Morgan fingerprint density at radius 2 is 2.15 bits per heavy atom. The molecule has 2 heterocycles. The topological polar surface area (TPSA) is 54.5 Å². The Hall–Kier alpha value is -2.05. The molecule has 2 aliphatic rings. The number of carbonyl (C=O) groups is 1. The molecule has 1 amide bonds. The van der Waals surface area contributed by atoms with E-state index in [2.05, 4.69) is 10.3 Å². The largest absolute Gasteiger partial charge is 0.363 e. The Labute approximate surface area is 154 Å². The second-order valence-electron chi connectivity index (χ2n) is 6.84. The van der Waals surface area contributed by atoms with E-state index in [4.69, 9.17) is 16.3 Å². The van der Waals surface area contributed by atoms with Crippen LogP contribution in [0.1, 0.15) is 42.6 Å². The number of rotatable bonds is 3. The Balaban J connectivity index is 1.62. The molecule has 0 radical (unpaired) electrons. The molecule has 7 heteroatoms. The first-order chi connectivity index (χ1) is 12.4. The van der Waals surface area contributed by atoms with Crippen molar-refractivity contribution in [1.29, 1.82) is 0 Å². The number of alkyl halides is 1. The zero-order chi connectivity index (χ0) is 18.5. The maximum atomic E-state index is 15.8. The van der Waals surface area contributed by atoms with Gasteiger partial charge in [-0.25, -0.2) is 8.78 Å². The highest BCUT2D eigenvalue weighted by molar-refractivity contribution is 6.31. The maximum Gasteiger partial charge on any atom is 0.262 e. The number of amides is 1. The van der Waals surface area contributed by atoms with E-state index in [0.717, 1.165) is 0 Å². The van der Waals surface area contributed by atoms with Crippen LogP contribution >= 0.6 is 11.6 Å². The summed E-state index contributed by atoms with van der Waals surface area (Å²) in [4.78, 5) is 17.1. The van der Waals surface area contributed by atoms with Crippen molar-refractivity contribution in [3.05, 3.63) is 64.2 Å². The number of halogens is 3. The first kappa shape index (κ1) is 17.4. The van der Waals surface area contributed by atoms with Crippen molar-refractivity contribution in [3.63, 3.8) is 0 Å². The van der Waals surface area contributed by atoms with E-state index in [9.17, 15) is 9.18 Å². The minimum atomic E-state index is -2.19. The highest BCUT2D eigenvalue weighted by Crippen LogP contribution is 2.53. The molecule has 2 aromatic rings. The van der Waals surface area contributed by atoms with Crippen molar-refractivity contribution in [1.82, 2.24) is 10.3 Å². The second-order valence-corrected chi connectivity index (χ2v) is 7.25. The number of benzene rings is 1. The van der Waals surface area contributed by atoms with E-state index < -0.39 is 29.0 Å². The summed E-state index contributed by atoms with van der Waals surface area (Å²) >= 11 is 6.04. The van der Waals surface area contributed by atoms with Gasteiger partial charge in [-0.3, -0.25) is 9.78 Å². The van der Waals surface area contributed by atoms with Gasteiger partial charge in [-0.1, -0.05) is 23.7 Å². The number of ether oxygens (including phenoxy) is 1. The van der Waals surface area contributed by atoms with Crippen LogP contribution in [0.5, 0.6) is 0 Å². The van der Waals surface area contributed by atoms with Crippen molar-refractivity contribution < 1.29 is 18.3 Å². The average Bonchev–Trinajstić information content (AvgIpc) is 3.39. The van der Waals surface area contributed by atoms with Crippen LogP contribution in [-0.4, -0.2) is 17.5 Å². The van der Waals surface area contributed by atoms with E-state index in [1.165, 1.54) is 18.2 Å². The number of hydrogen-bond acceptors (Lipinski definition) is 3. The van der Waals surface area contributed by atoms with Gasteiger partial charge in [0.25, 0.3) is 5.91 Å². The number of fused-ring (bicyclic) bond motifs is 2. The predicted molar refractivity (Wildman–Crippen MR) is 91.9 cm³/mol. The molecule has 136 valence electrons. The molecular weight excluding hydrogens is 362 g/mol. The number of nitrogens with zero attached hydrogens (tertiary/aromatic N) is 1. The fourth-order valence-electron chi connectivity index (χ4n) is 3.56. The SMILES string of the molecule is C[C@H](NC(=O)[C@]1(F)CC[C@@]2(CO2)c2ncccc21)c1ccc(F)cc1Cl. The summed E-state index contributed by atoms with van der Waals surface area (Å²) in [5, 5.41) is 2.85. The third-order valence-corrected chi connectivity index (χ3v) is 5.50. The molecule has 0 bridgehead atoms. The summed E-state index contributed by atoms with van der Waals surface area (Å²) in [7, 11) is 0. The lowest BCUT2D eigenvalue weighted by Crippen LogP contribution is -2.46. The van der Waals surface area contributed by atoms with Crippen molar-refractivity contribution in [2.75, 3.05) is 6.61 Å². The zero-order valence-corrected chi connectivity index (χ0v) is 14.8. The molecule has 1 saturated heterocycles. The van der Waals surface area contributed by atoms with Crippen molar-refractivity contribution >= 4 is 17.5 Å². The molecule has 1 N–H and O–H groups in total. The molecule has 4 nitrogen and oxygen atoms in total. The van der Waals surface area contributed by atoms with Crippen LogP contribution < -0.4 is 5.32 Å². The summed E-state index contributed by atoms with van der Waals surface area (Å²) in [5.74, 6) is -1.23. The summed E-state index contributed by atoms with van der Waals surface area (Å²) in [5.41, 5.74) is -1.47. The summed E-state index contributed by atoms with van der Waals surface area (Å²) in [6.45, 7) is 2.18. The van der Waals surface area contributed by atoms with Gasteiger partial charge >= 0.3 is 0 Å². The molecule has 4 rings (SSSR count). The van der Waals surface area contributed by atoms with Gasteiger partial charge in [0.2, 0.25) is 5.67 Å². The number of epoxide rings is 1. The molecule has 1 aromatic carbocycles. The lowest BCUT2D eigenvalue weighted by Gasteiger charge is -2.34. The number of carbonyl (C=O) groups excluding carboxylic acids is 1. The summed E-state index contributed by atoms with van der Waals surface area (Å²) in [6, 6.07) is 6.53. The lowest BCUT2D eigenvalue weighted by molar-refractivity contribution is -0.135. The van der Waals surface area contributed by atoms with Crippen LogP contribution in [0.4, 0.5) is 8.78 Å². The van der Waals surface area contributed by atoms with Gasteiger partial charge in [-0.05, 0) is 43.5 Å². The van der Waals surface area contributed by atoms with E-state index in [1.807, 2.05) is 0 Å². The van der Waals surface area contributed by atoms with Crippen LogP contribution in [0.15, 0.2) is 36.5 Å². The van der Waals surface area contributed by atoms with E-state index >= 15 is 4.39 Å². The van der Waals surface area contributed by atoms with Crippen molar-refractivity contribution in [3.8, 4) is 0 Å². The fourth-order valence-corrected chi connectivity index (χ4v) is 3.89. The van der Waals surface area contributed by atoms with Crippen LogP contribution in [0.2, 0.25) is 5.02 Å². The number of pyridine rings is 1. The van der Waals surface area contributed by atoms with Gasteiger partial charge < -0.3 is 10.1 Å². The molecule has 1 aliphatic carbocycles. The first-order valence-corrected chi connectivity index (χ1v) is 8.78. The molecule has 1 fully saturated rings. The highest BCUT2D eigenvalue weighted by atomic mass is 35.5. The van der Waals surface area contributed by atoms with Crippen LogP contribution in [0, 0.1) is 5.82 Å². The molecule has 1 aliphatic heterocycles. The zero-order valence-electron chi connectivity index (χ0n) is 14.1. The Bertz CT molecular complexity index is 888. The number of hydrogen-bond donors (Lipinski definition) is 1. The lowest BCUT2D eigenvalue weighted by atomic mass is 9.77. The quantitative estimate of drug-likeness (QED) is 0.823. The minimum Gasteiger partial charge on any atom is -0.363 e. The first-order valence-electron chi connectivity index (χ1n) is 8.40. The van der Waals surface area contributed by atoms with E-state index in [0.29, 0.717) is 24.3 Å². The monoisotopic (exact) mass is 378 g/mol. The predicted octanol–water partition coefficient (Wildman–Crippen LogP) is 3.94. The van der Waals surface area contributed by atoms with Crippen LogP contribution in [0.25, 0.3) is 0 Å². The summed E-state index contributed by atoms with van der Waals surface area (Å²) in [6.07, 6.45) is 1.99. The van der Waals surface area contributed by atoms with Gasteiger partial charge in [0, 0.05) is 16.8 Å². The molecule has 0 saturated carbocycles. The van der Waals surface area contributed by atoms with Gasteiger partial charge in [0.05, 0.1) is 18.3 Å². The summed E-state index contributed by atoms with van der Waals surface area (Å²) < 4.78 is 34.5. The average molecular weight is 379 g/mol. The molecule has 1 aromatic heterocycles. The molecule has 0 unspecified atom stereocenters. The van der Waals surface area contributed by atoms with Crippen LogP contribution in [-0.2, 0) is 20.8 Å². The Morgan fingerprint density at radius 3 is 2.85 bits per heavy atom.